The minimum Gasteiger partial charge on any atom is -0.308 e. The number of anilines is 1. The van der Waals surface area contributed by atoms with Gasteiger partial charge >= 0.3 is 12.2 Å². The number of amides is 2. The molecule has 0 aliphatic carbocycles. The molecular formula is C17H13F5N2OS. The molecule has 1 atom stereocenters. The minimum atomic E-state index is -4.43. The van der Waals surface area contributed by atoms with Crippen molar-refractivity contribution in [3.63, 3.8) is 0 Å². The molecule has 1 aliphatic heterocycles. The highest BCUT2D eigenvalue weighted by atomic mass is 32.2. The van der Waals surface area contributed by atoms with Crippen LogP contribution in [0.25, 0.3) is 0 Å². The van der Waals surface area contributed by atoms with E-state index in [-0.39, 0.29) is 5.69 Å². The molecule has 0 radical (unpaired) electrons. The number of alkyl halides is 3. The number of nitrogens with one attached hydrogen (secondary N) is 1. The molecule has 138 valence electrons. The largest absolute Gasteiger partial charge is 0.416 e. The minimum absolute atomic E-state index is 0.0944. The van der Waals surface area contributed by atoms with Gasteiger partial charge in [0.25, 0.3) is 0 Å². The van der Waals surface area contributed by atoms with Crippen LogP contribution in [0.5, 0.6) is 0 Å². The summed E-state index contributed by atoms with van der Waals surface area (Å²) in [6.45, 7) is 0.381. The third kappa shape index (κ3) is 3.92. The first kappa shape index (κ1) is 18.5. The lowest BCUT2D eigenvalue weighted by atomic mass is 10.1. The first-order chi connectivity index (χ1) is 12.3. The summed E-state index contributed by atoms with van der Waals surface area (Å²) >= 11 is 1.41. The summed E-state index contributed by atoms with van der Waals surface area (Å²) in [7, 11) is 0. The van der Waals surface area contributed by atoms with Crippen molar-refractivity contribution < 1.29 is 26.7 Å². The Morgan fingerprint density at radius 1 is 1.08 bits per heavy atom. The van der Waals surface area contributed by atoms with Crippen LogP contribution in [0, 0.1) is 11.6 Å². The van der Waals surface area contributed by atoms with Gasteiger partial charge in [0.1, 0.15) is 5.37 Å². The molecule has 0 unspecified atom stereocenters. The van der Waals surface area contributed by atoms with Crippen molar-refractivity contribution >= 4 is 23.5 Å². The van der Waals surface area contributed by atoms with E-state index in [2.05, 4.69) is 5.32 Å². The lowest BCUT2D eigenvalue weighted by Crippen LogP contribution is -2.34. The zero-order valence-electron chi connectivity index (χ0n) is 13.2. The molecular weight excluding hydrogens is 375 g/mol. The number of benzene rings is 2. The fourth-order valence-corrected chi connectivity index (χ4v) is 3.82. The summed E-state index contributed by atoms with van der Waals surface area (Å²) in [6, 6.07) is 7.07. The van der Waals surface area contributed by atoms with Crippen molar-refractivity contribution in [1.29, 1.82) is 0 Å². The molecule has 0 bridgehead atoms. The van der Waals surface area contributed by atoms with Gasteiger partial charge in [-0.3, -0.25) is 0 Å². The van der Waals surface area contributed by atoms with Gasteiger partial charge in [-0.2, -0.15) is 13.2 Å². The van der Waals surface area contributed by atoms with E-state index in [4.69, 9.17) is 0 Å². The van der Waals surface area contributed by atoms with Gasteiger partial charge in [-0.25, -0.2) is 13.6 Å². The van der Waals surface area contributed by atoms with Gasteiger partial charge in [0.15, 0.2) is 11.6 Å². The monoisotopic (exact) mass is 388 g/mol. The van der Waals surface area contributed by atoms with Gasteiger partial charge in [0.2, 0.25) is 0 Å². The average molecular weight is 388 g/mol. The molecule has 0 aromatic heterocycles. The normalized spacial score (nSPS) is 17.4. The number of rotatable bonds is 2. The van der Waals surface area contributed by atoms with Crippen molar-refractivity contribution in [3.8, 4) is 0 Å². The van der Waals surface area contributed by atoms with Crippen molar-refractivity contribution in [3.05, 3.63) is 65.2 Å². The number of thioether (sulfide) groups is 1. The highest BCUT2D eigenvalue weighted by Crippen LogP contribution is 2.39. The highest BCUT2D eigenvalue weighted by molar-refractivity contribution is 7.99. The maximum Gasteiger partial charge on any atom is 0.416 e. The van der Waals surface area contributed by atoms with E-state index in [1.165, 1.54) is 34.9 Å². The van der Waals surface area contributed by atoms with Crippen molar-refractivity contribution in [2.45, 2.75) is 11.6 Å². The van der Waals surface area contributed by atoms with Gasteiger partial charge < -0.3 is 10.2 Å². The van der Waals surface area contributed by atoms with Gasteiger partial charge in [-0.1, -0.05) is 12.1 Å². The van der Waals surface area contributed by atoms with E-state index in [9.17, 15) is 26.7 Å². The topological polar surface area (TPSA) is 32.3 Å². The first-order valence-corrected chi connectivity index (χ1v) is 8.62. The Balaban J connectivity index is 1.75. The maximum absolute atomic E-state index is 13.2. The average Bonchev–Trinajstić information content (AvgIpc) is 3.07. The summed E-state index contributed by atoms with van der Waals surface area (Å²) in [5.74, 6) is -1.50. The van der Waals surface area contributed by atoms with Crippen LogP contribution >= 0.6 is 11.8 Å². The molecule has 2 aromatic rings. The molecule has 1 saturated heterocycles. The lowest BCUT2D eigenvalue weighted by Gasteiger charge is -2.24. The van der Waals surface area contributed by atoms with Crippen LogP contribution in [0.3, 0.4) is 0 Å². The Labute approximate surface area is 150 Å². The zero-order chi connectivity index (χ0) is 18.9. The molecule has 9 heteroatoms. The molecule has 3 nitrogen and oxygen atoms in total. The molecule has 1 aliphatic rings. The Morgan fingerprint density at radius 2 is 1.77 bits per heavy atom. The van der Waals surface area contributed by atoms with E-state index in [0.29, 0.717) is 17.9 Å². The SMILES string of the molecule is O=C(Nc1ccc(F)c(F)c1)N1CCS[C@H]1c1ccc(C(F)(F)F)cc1. The fourth-order valence-electron chi connectivity index (χ4n) is 2.56. The van der Waals surface area contributed by atoms with Crippen LogP contribution in [-0.4, -0.2) is 23.2 Å². The third-order valence-corrected chi connectivity index (χ3v) is 5.11. The Morgan fingerprint density at radius 3 is 2.38 bits per heavy atom. The van der Waals surface area contributed by atoms with Crippen LogP contribution in [0.15, 0.2) is 42.5 Å². The van der Waals surface area contributed by atoms with E-state index >= 15 is 0 Å². The third-order valence-electron chi connectivity index (χ3n) is 3.85. The van der Waals surface area contributed by atoms with Crippen LogP contribution in [0.2, 0.25) is 0 Å². The molecule has 1 heterocycles. The number of carbonyl (C=O) groups is 1. The predicted octanol–water partition coefficient (Wildman–Crippen LogP) is 5.26. The molecule has 1 fully saturated rings. The number of nitrogens with zero attached hydrogens (tertiary/aromatic N) is 1. The van der Waals surface area contributed by atoms with E-state index < -0.39 is 34.8 Å². The molecule has 3 rings (SSSR count). The number of halogens is 5. The molecule has 2 aromatic carbocycles. The van der Waals surface area contributed by atoms with Crippen LogP contribution in [0.4, 0.5) is 32.4 Å². The second kappa shape index (κ2) is 7.14. The Bertz CT molecular complexity index is 810. The number of hydrogen-bond acceptors (Lipinski definition) is 2. The predicted molar refractivity (Wildman–Crippen MR) is 88.7 cm³/mol. The number of carbonyl (C=O) groups excluding carboxylic acids is 1. The molecule has 26 heavy (non-hydrogen) atoms. The Hall–Kier alpha value is -2.29. The quantitative estimate of drug-likeness (QED) is 0.712. The van der Waals surface area contributed by atoms with Gasteiger partial charge in [0.05, 0.1) is 5.56 Å². The summed E-state index contributed by atoms with van der Waals surface area (Å²) in [5.41, 5.74) is -0.111. The summed E-state index contributed by atoms with van der Waals surface area (Å²) in [5, 5.41) is 2.02. The first-order valence-electron chi connectivity index (χ1n) is 7.57. The second-order valence-electron chi connectivity index (χ2n) is 5.60. The molecule has 1 N–H and O–H groups in total. The van der Waals surface area contributed by atoms with Gasteiger partial charge in [0, 0.05) is 24.1 Å². The summed E-state index contributed by atoms with van der Waals surface area (Å²) < 4.78 is 64.2. The van der Waals surface area contributed by atoms with Gasteiger partial charge in [-0.15, -0.1) is 11.8 Å². The lowest BCUT2D eigenvalue weighted by molar-refractivity contribution is -0.137. The number of hydrogen-bond donors (Lipinski definition) is 1. The summed E-state index contributed by atoms with van der Waals surface area (Å²) in [4.78, 5) is 13.9. The van der Waals surface area contributed by atoms with Crippen molar-refractivity contribution in [2.24, 2.45) is 0 Å². The van der Waals surface area contributed by atoms with Crippen LogP contribution in [-0.2, 0) is 6.18 Å². The van der Waals surface area contributed by atoms with E-state index in [1.54, 1.807) is 0 Å². The highest BCUT2D eigenvalue weighted by Gasteiger charge is 2.33. The van der Waals surface area contributed by atoms with Crippen LogP contribution < -0.4 is 5.32 Å². The van der Waals surface area contributed by atoms with Crippen molar-refractivity contribution in [2.75, 3.05) is 17.6 Å². The van der Waals surface area contributed by atoms with E-state index in [0.717, 1.165) is 24.3 Å². The Kier molecular flexibility index (Phi) is 5.08. The maximum atomic E-state index is 13.2. The molecule has 2 amide bonds. The van der Waals surface area contributed by atoms with Crippen molar-refractivity contribution in [1.82, 2.24) is 4.90 Å². The smallest absolute Gasteiger partial charge is 0.308 e. The van der Waals surface area contributed by atoms with E-state index in [1.807, 2.05) is 0 Å². The molecule has 0 spiro atoms. The van der Waals surface area contributed by atoms with Gasteiger partial charge in [-0.05, 0) is 29.8 Å². The standard InChI is InChI=1S/C17H13F5N2OS/c18-13-6-5-12(9-14(13)19)23-16(25)24-7-8-26-15(24)10-1-3-11(4-2-10)17(20,21)22/h1-6,9,15H,7-8H2,(H,23,25)/t15-/m0/s1. The molecule has 0 saturated carbocycles. The fraction of sp³-hybridized carbons (Fsp3) is 0.235. The summed E-state index contributed by atoms with van der Waals surface area (Å²) in [6.07, 6.45) is -4.43. The number of urea groups is 1. The second-order valence-corrected chi connectivity index (χ2v) is 6.78. The van der Waals surface area contributed by atoms with Crippen LogP contribution in [0.1, 0.15) is 16.5 Å². The zero-order valence-corrected chi connectivity index (χ0v) is 14.0.